The lowest BCUT2D eigenvalue weighted by Gasteiger charge is -2.35. The van der Waals surface area contributed by atoms with Crippen LogP contribution in [0.3, 0.4) is 0 Å². The Balaban J connectivity index is 2.42. The van der Waals surface area contributed by atoms with E-state index in [9.17, 15) is 8.42 Å². The minimum absolute atomic E-state index is 0.307. The molecule has 1 heterocycles. The summed E-state index contributed by atoms with van der Waals surface area (Å²) in [6, 6.07) is 0.505. The van der Waals surface area contributed by atoms with Gasteiger partial charge in [-0.25, -0.2) is 8.42 Å². The molecule has 0 saturated carbocycles. The van der Waals surface area contributed by atoms with Crippen LogP contribution in [-0.2, 0) is 9.84 Å². The zero-order valence-electron chi connectivity index (χ0n) is 10.9. The number of piperidine rings is 1. The normalized spacial score (nSPS) is 22.8. The first-order valence-corrected chi connectivity index (χ1v) is 8.55. The third kappa shape index (κ3) is 5.36. The maximum absolute atomic E-state index is 11.7. The fourth-order valence-electron chi connectivity index (χ4n) is 2.54. The molecular weight excluding hydrogens is 236 g/mol. The molecule has 0 spiro atoms. The third-order valence-electron chi connectivity index (χ3n) is 3.45. The number of likely N-dealkylation sites (tertiary alicyclic amines) is 1. The van der Waals surface area contributed by atoms with E-state index in [1.54, 1.807) is 0 Å². The second-order valence-electron chi connectivity index (χ2n) is 4.91. The SMILES string of the molecule is CCCS(=O)(=O)CCN1CCCCC1CCN. The lowest BCUT2D eigenvalue weighted by molar-refractivity contribution is 0.151. The van der Waals surface area contributed by atoms with Gasteiger partial charge in [0.2, 0.25) is 0 Å². The Kier molecular flexibility index (Phi) is 6.44. The van der Waals surface area contributed by atoms with Crippen molar-refractivity contribution in [2.75, 3.05) is 31.1 Å². The van der Waals surface area contributed by atoms with Gasteiger partial charge in [0.05, 0.1) is 5.75 Å². The maximum atomic E-state index is 11.7. The predicted octanol–water partition coefficient (Wildman–Crippen LogP) is 1.01. The monoisotopic (exact) mass is 262 g/mol. The van der Waals surface area contributed by atoms with Crippen molar-refractivity contribution in [3.8, 4) is 0 Å². The number of hydrogen-bond donors (Lipinski definition) is 1. The van der Waals surface area contributed by atoms with Gasteiger partial charge in [-0.3, -0.25) is 4.90 Å². The zero-order chi connectivity index (χ0) is 12.7. The smallest absolute Gasteiger partial charge is 0.151 e. The van der Waals surface area contributed by atoms with Gasteiger partial charge in [-0.15, -0.1) is 0 Å². The Bertz CT molecular complexity index is 302. The Morgan fingerprint density at radius 3 is 2.71 bits per heavy atom. The molecule has 1 aliphatic heterocycles. The molecule has 1 aliphatic rings. The summed E-state index contributed by atoms with van der Waals surface area (Å²) in [5.41, 5.74) is 5.61. The van der Waals surface area contributed by atoms with Gasteiger partial charge in [-0.1, -0.05) is 13.3 Å². The van der Waals surface area contributed by atoms with Gasteiger partial charge in [0.15, 0.2) is 9.84 Å². The van der Waals surface area contributed by atoms with Crippen molar-refractivity contribution in [1.82, 2.24) is 4.90 Å². The summed E-state index contributed by atoms with van der Waals surface area (Å²) in [5, 5.41) is 0. The third-order valence-corrected chi connectivity index (χ3v) is 5.29. The van der Waals surface area contributed by atoms with Crippen molar-refractivity contribution < 1.29 is 8.42 Å². The molecule has 0 amide bonds. The molecule has 1 unspecified atom stereocenters. The van der Waals surface area contributed by atoms with Crippen molar-refractivity contribution in [3.05, 3.63) is 0 Å². The van der Waals surface area contributed by atoms with Crippen LogP contribution in [0.2, 0.25) is 0 Å². The Morgan fingerprint density at radius 2 is 2.06 bits per heavy atom. The molecular formula is C12H26N2O2S. The standard InChI is InChI=1S/C12H26N2O2S/c1-2-10-17(15,16)11-9-14-8-4-3-5-12(14)6-7-13/h12H,2-11,13H2,1H3. The van der Waals surface area contributed by atoms with Gasteiger partial charge in [-0.05, 0) is 38.8 Å². The van der Waals surface area contributed by atoms with Crippen molar-refractivity contribution in [2.24, 2.45) is 5.73 Å². The number of nitrogens with two attached hydrogens (primary N) is 1. The van der Waals surface area contributed by atoms with Gasteiger partial charge >= 0.3 is 0 Å². The highest BCUT2D eigenvalue weighted by atomic mass is 32.2. The Labute approximate surface area is 105 Å². The van der Waals surface area contributed by atoms with Crippen LogP contribution in [0.25, 0.3) is 0 Å². The quantitative estimate of drug-likeness (QED) is 0.744. The van der Waals surface area contributed by atoms with Crippen molar-refractivity contribution in [2.45, 2.75) is 45.1 Å². The van der Waals surface area contributed by atoms with E-state index in [0.717, 1.165) is 13.0 Å². The molecule has 17 heavy (non-hydrogen) atoms. The maximum Gasteiger partial charge on any atom is 0.151 e. The van der Waals surface area contributed by atoms with E-state index >= 15 is 0 Å². The largest absolute Gasteiger partial charge is 0.330 e. The zero-order valence-corrected chi connectivity index (χ0v) is 11.7. The highest BCUT2D eigenvalue weighted by molar-refractivity contribution is 7.91. The minimum Gasteiger partial charge on any atom is -0.330 e. The molecule has 0 bridgehead atoms. The van der Waals surface area contributed by atoms with Crippen molar-refractivity contribution in [3.63, 3.8) is 0 Å². The minimum atomic E-state index is -2.84. The molecule has 1 fully saturated rings. The molecule has 0 aromatic heterocycles. The van der Waals surface area contributed by atoms with Crippen LogP contribution < -0.4 is 5.73 Å². The Hall–Kier alpha value is -0.130. The molecule has 4 nitrogen and oxygen atoms in total. The summed E-state index contributed by atoms with van der Waals surface area (Å²) in [4.78, 5) is 2.32. The molecule has 0 aliphatic carbocycles. The average molecular weight is 262 g/mol. The summed E-state index contributed by atoms with van der Waals surface area (Å²) < 4.78 is 23.4. The summed E-state index contributed by atoms with van der Waals surface area (Å²) in [7, 11) is -2.84. The average Bonchev–Trinajstić information content (AvgIpc) is 2.28. The lowest BCUT2D eigenvalue weighted by atomic mass is 9.99. The first kappa shape index (κ1) is 14.9. The summed E-state index contributed by atoms with van der Waals surface area (Å²) in [5.74, 6) is 0.629. The first-order valence-electron chi connectivity index (χ1n) is 6.73. The van der Waals surface area contributed by atoms with Crippen LogP contribution in [0.1, 0.15) is 39.0 Å². The molecule has 2 N–H and O–H groups in total. The van der Waals surface area contributed by atoms with E-state index < -0.39 is 9.84 Å². The highest BCUT2D eigenvalue weighted by Crippen LogP contribution is 2.19. The second-order valence-corrected chi connectivity index (χ2v) is 7.22. The van der Waals surface area contributed by atoms with E-state index in [2.05, 4.69) is 4.90 Å². The fraction of sp³-hybridized carbons (Fsp3) is 1.00. The van der Waals surface area contributed by atoms with E-state index in [0.29, 0.717) is 37.1 Å². The molecule has 1 rings (SSSR count). The summed E-state index contributed by atoms with van der Waals surface area (Å²) in [6.07, 6.45) is 5.32. The highest BCUT2D eigenvalue weighted by Gasteiger charge is 2.22. The molecule has 5 heteroatoms. The molecule has 0 aromatic rings. The molecule has 102 valence electrons. The number of rotatable bonds is 7. The van der Waals surface area contributed by atoms with Gasteiger partial charge < -0.3 is 5.73 Å². The number of nitrogens with zero attached hydrogens (tertiary/aromatic N) is 1. The molecule has 0 aromatic carbocycles. The van der Waals surface area contributed by atoms with Crippen LogP contribution in [0, 0.1) is 0 Å². The van der Waals surface area contributed by atoms with Crippen LogP contribution in [0.15, 0.2) is 0 Å². The van der Waals surface area contributed by atoms with E-state index in [1.807, 2.05) is 6.92 Å². The Morgan fingerprint density at radius 1 is 1.29 bits per heavy atom. The fourth-order valence-corrected chi connectivity index (χ4v) is 3.88. The topological polar surface area (TPSA) is 63.4 Å². The number of hydrogen-bond acceptors (Lipinski definition) is 4. The second kappa shape index (κ2) is 7.34. The van der Waals surface area contributed by atoms with Gasteiger partial charge in [-0.2, -0.15) is 0 Å². The van der Waals surface area contributed by atoms with E-state index in [-0.39, 0.29) is 0 Å². The van der Waals surface area contributed by atoms with Gasteiger partial charge in [0, 0.05) is 18.3 Å². The van der Waals surface area contributed by atoms with Crippen LogP contribution in [-0.4, -0.2) is 50.5 Å². The number of sulfone groups is 1. The van der Waals surface area contributed by atoms with Crippen molar-refractivity contribution in [1.29, 1.82) is 0 Å². The van der Waals surface area contributed by atoms with E-state index in [1.165, 1.54) is 19.3 Å². The molecule has 0 radical (unpaired) electrons. The molecule has 1 saturated heterocycles. The summed E-state index contributed by atoms with van der Waals surface area (Å²) in [6.45, 7) is 4.33. The van der Waals surface area contributed by atoms with Crippen LogP contribution >= 0.6 is 0 Å². The van der Waals surface area contributed by atoms with Gasteiger partial charge in [0.1, 0.15) is 0 Å². The van der Waals surface area contributed by atoms with Crippen molar-refractivity contribution >= 4 is 9.84 Å². The molecule has 1 atom stereocenters. The first-order chi connectivity index (χ1) is 8.09. The van der Waals surface area contributed by atoms with Crippen LogP contribution in [0.4, 0.5) is 0 Å². The summed E-state index contributed by atoms with van der Waals surface area (Å²) >= 11 is 0. The lowest BCUT2D eigenvalue weighted by Crippen LogP contribution is -2.43. The van der Waals surface area contributed by atoms with E-state index in [4.69, 9.17) is 5.73 Å². The predicted molar refractivity (Wildman–Crippen MR) is 71.8 cm³/mol. The van der Waals surface area contributed by atoms with Gasteiger partial charge in [0.25, 0.3) is 0 Å². The van der Waals surface area contributed by atoms with Crippen LogP contribution in [0.5, 0.6) is 0 Å².